The molecule has 7 heteroatoms. The SMILES string of the molecule is NC(N)=NCC[C@H](O)C[C@H](N)C(=O)O. The molecule has 0 heterocycles. The Morgan fingerprint density at radius 1 is 1.43 bits per heavy atom. The maximum Gasteiger partial charge on any atom is 0.320 e. The highest BCUT2D eigenvalue weighted by molar-refractivity contribution is 5.75. The monoisotopic (exact) mass is 204 g/mol. The lowest BCUT2D eigenvalue weighted by atomic mass is 10.1. The highest BCUT2D eigenvalue weighted by atomic mass is 16.4. The van der Waals surface area contributed by atoms with Crippen LogP contribution in [0.25, 0.3) is 0 Å². The van der Waals surface area contributed by atoms with Crippen LogP contribution in [0, 0.1) is 0 Å². The first-order valence-electron chi connectivity index (χ1n) is 4.15. The number of aliphatic hydroxyl groups is 1. The van der Waals surface area contributed by atoms with Crippen LogP contribution in [0.3, 0.4) is 0 Å². The number of carbonyl (C=O) groups is 1. The fourth-order valence-corrected chi connectivity index (χ4v) is 0.854. The van der Waals surface area contributed by atoms with Crippen molar-refractivity contribution in [2.45, 2.75) is 25.0 Å². The van der Waals surface area contributed by atoms with Crippen LogP contribution >= 0.6 is 0 Å². The highest BCUT2D eigenvalue weighted by Gasteiger charge is 2.16. The number of aliphatic imine (C=N–C) groups is 1. The van der Waals surface area contributed by atoms with Crippen LogP contribution in [0.15, 0.2) is 4.99 Å². The lowest BCUT2D eigenvalue weighted by Gasteiger charge is -2.11. The van der Waals surface area contributed by atoms with Gasteiger partial charge in [0.2, 0.25) is 0 Å². The van der Waals surface area contributed by atoms with Crippen molar-refractivity contribution in [3.63, 3.8) is 0 Å². The summed E-state index contributed by atoms with van der Waals surface area (Å²) < 4.78 is 0. The molecule has 0 aliphatic rings. The number of aliphatic carboxylic acids is 1. The van der Waals surface area contributed by atoms with E-state index in [0.717, 1.165) is 0 Å². The lowest BCUT2D eigenvalue weighted by Crippen LogP contribution is -2.34. The van der Waals surface area contributed by atoms with Crippen LogP contribution in [0.5, 0.6) is 0 Å². The van der Waals surface area contributed by atoms with Gasteiger partial charge in [-0.2, -0.15) is 0 Å². The molecule has 8 N–H and O–H groups in total. The summed E-state index contributed by atoms with van der Waals surface area (Å²) in [5.41, 5.74) is 15.3. The van der Waals surface area contributed by atoms with Crippen molar-refractivity contribution >= 4 is 11.9 Å². The van der Waals surface area contributed by atoms with Gasteiger partial charge in [0, 0.05) is 6.54 Å². The van der Waals surface area contributed by atoms with Crippen LogP contribution in [0.4, 0.5) is 0 Å². The van der Waals surface area contributed by atoms with E-state index < -0.39 is 18.1 Å². The highest BCUT2D eigenvalue weighted by Crippen LogP contribution is 2.01. The Balaban J connectivity index is 3.70. The number of hydrogen-bond acceptors (Lipinski definition) is 4. The molecule has 0 radical (unpaired) electrons. The third kappa shape index (κ3) is 6.21. The Morgan fingerprint density at radius 3 is 2.43 bits per heavy atom. The van der Waals surface area contributed by atoms with Crippen molar-refractivity contribution in [2.24, 2.45) is 22.2 Å². The molecule has 0 aromatic rings. The minimum atomic E-state index is -1.13. The molecule has 0 aliphatic heterocycles. The summed E-state index contributed by atoms with van der Waals surface area (Å²) in [4.78, 5) is 14.0. The van der Waals surface area contributed by atoms with Gasteiger partial charge in [-0.25, -0.2) is 0 Å². The fraction of sp³-hybridized carbons (Fsp3) is 0.714. The second kappa shape index (κ2) is 6.17. The molecule has 0 unspecified atom stereocenters. The number of carboxylic acids is 1. The van der Waals surface area contributed by atoms with E-state index in [1.54, 1.807) is 0 Å². The number of guanidine groups is 1. The summed E-state index contributed by atoms with van der Waals surface area (Å²) >= 11 is 0. The number of hydrogen-bond donors (Lipinski definition) is 5. The van der Waals surface area contributed by atoms with E-state index in [-0.39, 0.29) is 18.9 Å². The molecular weight excluding hydrogens is 188 g/mol. The van der Waals surface area contributed by atoms with Gasteiger partial charge in [-0.05, 0) is 12.8 Å². The predicted molar refractivity (Wildman–Crippen MR) is 51.5 cm³/mol. The molecular formula is C7H16N4O3. The number of nitrogens with two attached hydrogens (primary N) is 3. The quantitative estimate of drug-likeness (QED) is 0.245. The molecule has 0 amide bonds. The van der Waals surface area contributed by atoms with Gasteiger partial charge in [0.05, 0.1) is 6.10 Å². The van der Waals surface area contributed by atoms with Crippen molar-refractivity contribution in [1.82, 2.24) is 0 Å². The van der Waals surface area contributed by atoms with Crippen LogP contribution in [0.2, 0.25) is 0 Å². The van der Waals surface area contributed by atoms with E-state index in [4.69, 9.17) is 22.3 Å². The zero-order valence-corrected chi connectivity index (χ0v) is 7.76. The normalized spacial score (nSPS) is 14.4. The molecule has 2 atom stereocenters. The molecule has 0 saturated carbocycles. The van der Waals surface area contributed by atoms with Gasteiger partial charge in [-0.3, -0.25) is 9.79 Å². The van der Waals surface area contributed by atoms with Gasteiger partial charge in [0.15, 0.2) is 5.96 Å². The van der Waals surface area contributed by atoms with Gasteiger partial charge in [-0.15, -0.1) is 0 Å². The molecule has 0 aromatic carbocycles. The molecule has 0 aromatic heterocycles. The first-order valence-corrected chi connectivity index (χ1v) is 4.15. The maximum atomic E-state index is 10.3. The standard InChI is InChI=1S/C7H16N4O3/c8-5(6(13)14)3-4(12)1-2-11-7(9)10/h4-5,12H,1-3,8H2,(H,13,14)(H4,9,10,11)/t4-,5-/m0/s1. The first-order chi connectivity index (χ1) is 6.43. The predicted octanol–water partition coefficient (Wildman–Crippen LogP) is -2.19. The Bertz CT molecular complexity index is 215. The number of nitrogens with zero attached hydrogens (tertiary/aromatic N) is 1. The molecule has 0 fully saturated rings. The number of aliphatic hydroxyl groups excluding tert-OH is 1. The Kier molecular flexibility index (Phi) is 5.58. The molecule has 0 aliphatic carbocycles. The van der Waals surface area contributed by atoms with Crippen LogP contribution in [-0.2, 0) is 4.79 Å². The molecule has 0 bridgehead atoms. The van der Waals surface area contributed by atoms with E-state index in [2.05, 4.69) is 4.99 Å². The molecule has 0 rings (SSSR count). The number of carboxylic acid groups (broad SMARTS) is 1. The van der Waals surface area contributed by atoms with Crippen molar-refractivity contribution in [2.75, 3.05) is 6.54 Å². The summed E-state index contributed by atoms with van der Waals surface area (Å²) in [6.45, 7) is 0.260. The maximum absolute atomic E-state index is 10.3. The lowest BCUT2D eigenvalue weighted by molar-refractivity contribution is -0.139. The minimum absolute atomic E-state index is 0.00463. The van der Waals surface area contributed by atoms with Crippen LogP contribution in [-0.4, -0.2) is 40.8 Å². The smallest absolute Gasteiger partial charge is 0.320 e. The van der Waals surface area contributed by atoms with E-state index in [1.165, 1.54) is 0 Å². The fourth-order valence-electron chi connectivity index (χ4n) is 0.854. The van der Waals surface area contributed by atoms with Crippen LogP contribution in [0.1, 0.15) is 12.8 Å². The number of rotatable bonds is 6. The van der Waals surface area contributed by atoms with Gasteiger partial charge in [0.1, 0.15) is 6.04 Å². The van der Waals surface area contributed by atoms with E-state index in [1.807, 2.05) is 0 Å². The van der Waals surface area contributed by atoms with Crippen molar-refractivity contribution in [3.8, 4) is 0 Å². The summed E-state index contributed by atoms with van der Waals surface area (Å²) in [7, 11) is 0. The Morgan fingerprint density at radius 2 is 2.00 bits per heavy atom. The van der Waals surface area contributed by atoms with Crippen LogP contribution < -0.4 is 17.2 Å². The molecule has 0 saturated heterocycles. The summed E-state index contributed by atoms with van der Waals surface area (Å²) in [6.07, 6.45) is -0.516. The summed E-state index contributed by atoms with van der Waals surface area (Å²) in [6, 6.07) is -1.05. The zero-order chi connectivity index (χ0) is 11.1. The topological polar surface area (TPSA) is 148 Å². The van der Waals surface area contributed by atoms with E-state index >= 15 is 0 Å². The van der Waals surface area contributed by atoms with Crippen molar-refractivity contribution < 1.29 is 15.0 Å². The van der Waals surface area contributed by atoms with Crippen molar-refractivity contribution in [1.29, 1.82) is 0 Å². The second-order valence-electron chi connectivity index (χ2n) is 2.93. The van der Waals surface area contributed by atoms with Gasteiger partial charge in [-0.1, -0.05) is 0 Å². The Labute approximate surface area is 81.6 Å². The second-order valence-corrected chi connectivity index (χ2v) is 2.93. The summed E-state index contributed by atoms with van der Waals surface area (Å²) in [5.74, 6) is -1.19. The van der Waals surface area contributed by atoms with Gasteiger partial charge in [0.25, 0.3) is 0 Å². The van der Waals surface area contributed by atoms with Crippen molar-refractivity contribution in [3.05, 3.63) is 0 Å². The van der Waals surface area contributed by atoms with E-state index in [9.17, 15) is 9.90 Å². The molecule has 14 heavy (non-hydrogen) atoms. The third-order valence-corrected chi connectivity index (χ3v) is 1.60. The Hall–Kier alpha value is -1.34. The average Bonchev–Trinajstić information content (AvgIpc) is 2.02. The molecule has 7 nitrogen and oxygen atoms in total. The third-order valence-electron chi connectivity index (χ3n) is 1.60. The molecule has 0 spiro atoms. The largest absolute Gasteiger partial charge is 0.480 e. The van der Waals surface area contributed by atoms with E-state index in [0.29, 0.717) is 6.42 Å². The van der Waals surface area contributed by atoms with Gasteiger partial charge >= 0.3 is 5.97 Å². The van der Waals surface area contributed by atoms with Gasteiger partial charge < -0.3 is 27.4 Å². The average molecular weight is 204 g/mol. The zero-order valence-electron chi connectivity index (χ0n) is 7.76. The first kappa shape index (κ1) is 12.7. The minimum Gasteiger partial charge on any atom is -0.480 e. The summed E-state index contributed by atoms with van der Waals surface area (Å²) in [5, 5.41) is 17.7. The molecule has 82 valence electrons.